The molecule has 6 heteroatoms. The van der Waals surface area contributed by atoms with Crippen molar-refractivity contribution in [3.8, 4) is 0 Å². The van der Waals surface area contributed by atoms with Crippen LogP contribution in [0, 0.1) is 0 Å². The molecule has 0 heterocycles. The molecule has 0 aliphatic rings. The number of aliphatic hydroxyl groups excluding tert-OH is 3. The van der Waals surface area contributed by atoms with Crippen molar-refractivity contribution in [3.63, 3.8) is 0 Å². The molecule has 0 saturated carbocycles. The van der Waals surface area contributed by atoms with E-state index in [1.807, 2.05) is 0 Å². The summed E-state index contributed by atoms with van der Waals surface area (Å²) in [5.41, 5.74) is 0. The van der Waals surface area contributed by atoms with Crippen LogP contribution in [0.2, 0.25) is 0 Å². The third kappa shape index (κ3) is 14.0. The fourth-order valence-corrected chi connectivity index (χ4v) is 1.79. The number of rotatable bonds is 15. The molecule has 116 valence electrons. The van der Waals surface area contributed by atoms with Crippen LogP contribution in [0.5, 0.6) is 0 Å². The summed E-state index contributed by atoms with van der Waals surface area (Å²) in [7, 11) is 0. The lowest BCUT2D eigenvalue weighted by Crippen LogP contribution is -2.36. The van der Waals surface area contributed by atoms with E-state index in [0.717, 1.165) is 65.1 Å². The van der Waals surface area contributed by atoms with Crippen molar-refractivity contribution in [3.05, 3.63) is 0 Å². The van der Waals surface area contributed by atoms with Crippen LogP contribution in [0.4, 0.5) is 0 Å². The molecule has 0 unspecified atom stereocenters. The van der Waals surface area contributed by atoms with Crippen LogP contribution in [0.1, 0.15) is 19.3 Å². The summed E-state index contributed by atoms with van der Waals surface area (Å²) < 4.78 is 0. The Hall–Kier alpha value is -0.240. The molecule has 0 amide bonds. The van der Waals surface area contributed by atoms with E-state index in [-0.39, 0.29) is 19.8 Å². The van der Waals surface area contributed by atoms with Gasteiger partial charge in [-0.2, -0.15) is 0 Å². The van der Waals surface area contributed by atoms with Crippen LogP contribution in [0.3, 0.4) is 0 Å². The lowest BCUT2D eigenvalue weighted by atomic mass is 10.3. The predicted octanol–water partition coefficient (Wildman–Crippen LogP) is -1.39. The summed E-state index contributed by atoms with van der Waals surface area (Å²) in [6.07, 6.45) is 2.37. The van der Waals surface area contributed by atoms with Gasteiger partial charge in [0.1, 0.15) is 0 Å². The van der Waals surface area contributed by atoms with Gasteiger partial charge in [0.2, 0.25) is 0 Å². The Balaban J connectivity index is 3.40. The zero-order valence-electron chi connectivity index (χ0n) is 12.0. The van der Waals surface area contributed by atoms with Crippen molar-refractivity contribution >= 4 is 0 Å². The van der Waals surface area contributed by atoms with Gasteiger partial charge in [-0.1, -0.05) is 0 Å². The minimum absolute atomic E-state index is 0.220. The Bertz CT molecular complexity index is 165. The molecule has 0 aliphatic heterocycles. The summed E-state index contributed by atoms with van der Waals surface area (Å²) in [5, 5.41) is 32.9. The summed E-state index contributed by atoms with van der Waals surface area (Å²) in [4.78, 5) is 2.26. The molecular formula is C13H31N3O3. The largest absolute Gasteiger partial charge is 0.396 e. The van der Waals surface area contributed by atoms with E-state index in [9.17, 15) is 0 Å². The first kappa shape index (κ1) is 18.8. The summed E-state index contributed by atoms with van der Waals surface area (Å²) in [6, 6.07) is 0. The highest BCUT2D eigenvalue weighted by atomic mass is 16.3. The first-order valence-corrected chi connectivity index (χ1v) is 7.31. The van der Waals surface area contributed by atoms with E-state index in [1.54, 1.807) is 0 Å². The van der Waals surface area contributed by atoms with Crippen LogP contribution in [0.25, 0.3) is 0 Å². The molecule has 0 aromatic rings. The third-order valence-corrected chi connectivity index (χ3v) is 2.86. The average molecular weight is 277 g/mol. The van der Waals surface area contributed by atoms with Gasteiger partial charge in [0.05, 0.1) is 0 Å². The molecule has 0 fully saturated rings. The van der Waals surface area contributed by atoms with E-state index >= 15 is 0 Å². The number of nitrogens with one attached hydrogen (secondary N) is 2. The third-order valence-electron chi connectivity index (χ3n) is 2.86. The van der Waals surface area contributed by atoms with Crippen LogP contribution < -0.4 is 10.6 Å². The Morgan fingerprint density at radius 3 is 1.63 bits per heavy atom. The van der Waals surface area contributed by atoms with Gasteiger partial charge in [-0.05, 0) is 25.8 Å². The van der Waals surface area contributed by atoms with Crippen molar-refractivity contribution < 1.29 is 15.3 Å². The van der Waals surface area contributed by atoms with Gasteiger partial charge in [0.25, 0.3) is 0 Å². The zero-order valence-corrected chi connectivity index (χ0v) is 12.0. The molecule has 0 rings (SSSR count). The Labute approximate surface area is 116 Å². The van der Waals surface area contributed by atoms with Crippen LogP contribution >= 0.6 is 0 Å². The van der Waals surface area contributed by atoms with Crippen molar-refractivity contribution in [1.29, 1.82) is 0 Å². The fraction of sp³-hybridized carbons (Fsp3) is 1.00. The first-order valence-electron chi connectivity index (χ1n) is 7.31. The molecule has 0 saturated heterocycles. The number of hydrogen-bond donors (Lipinski definition) is 5. The molecular weight excluding hydrogens is 246 g/mol. The number of hydrogen-bond acceptors (Lipinski definition) is 6. The van der Waals surface area contributed by atoms with Crippen molar-refractivity contribution in [2.45, 2.75) is 19.3 Å². The molecule has 0 bridgehead atoms. The predicted molar refractivity (Wildman–Crippen MR) is 77.3 cm³/mol. The standard InChI is InChI=1S/C13H31N3O3/c17-11-1-4-14-5-6-15-7-10-16(8-2-12-18)9-3-13-19/h14-15,17-19H,1-13H2. The van der Waals surface area contributed by atoms with E-state index in [1.165, 1.54) is 0 Å². The van der Waals surface area contributed by atoms with Gasteiger partial charge in [-0.15, -0.1) is 0 Å². The van der Waals surface area contributed by atoms with Gasteiger partial charge < -0.3 is 30.9 Å². The number of aliphatic hydroxyl groups is 3. The minimum atomic E-state index is 0.220. The molecule has 0 aromatic heterocycles. The normalized spacial score (nSPS) is 11.4. The Morgan fingerprint density at radius 1 is 0.579 bits per heavy atom. The highest BCUT2D eigenvalue weighted by Gasteiger charge is 2.03. The van der Waals surface area contributed by atoms with Gasteiger partial charge in [0.15, 0.2) is 0 Å². The highest BCUT2D eigenvalue weighted by molar-refractivity contribution is 4.61. The van der Waals surface area contributed by atoms with Gasteiger partial charge >= 0.3 is 0 Å². The first-order chi connectivity index (χ1) is 9.35. The van der Waals surface area contributed by atoms with Crippen molar-refractivity contribution in [2.75, 3.05) is 65.6 Å². The molecule has 0 aliphatic carbocycles. The van der Waals surface area contributed by atoms with Gasteiger partial charge in [-0.3, -0.25) is 0 Å². The Kier molecular flexibility index (Phi) is 15.6. The highest BCUT2D eigenvalue weighted by Crippen LogP contribution is 1.93. The quantitative estimate of drug-likeness (QED) is 0.237. The Morgan fingerprint density at radius 2 is 1.11 bits per heavy atom. The van der Waals surface area contributed by atoms with E-state index < -0.39 is 0 Å². The maximum atomic E-state index is 8.84. The second-order valence-corrected chi connectivity index (χ2v) is 4.57. The fourth-order valence-electron chi connectivity index (χ4n) is 1.79. The molecule has 0 aromatic carbocycles. The van der Waals surface area contributed by atoms with E-state index in [4.69, 9.17) is 15.3 Å². The number of nitrogens with zero attached hydrogens (tertiary/aromatic N) is 1. The van der Waals surface area contributed by atoms with Crippen LogP contribution in [0.15, 0.2) is 0 Å². The lowest BCUT2D eigenvalue weighted by Gasteiger charge is -2.21. The monoisotopic (exact) mass is 277 g/mol. The van der Waals surface area contributed by atoms with Crippen molar-refractivity contribution in [2.24, 2.45) is 0 Å². The average Bonchev–Trinajstić information content (AvgIpc) is 2.43. The van der Waals surface area contributed by atoms with Gasteiger partial charge in [0, 0.05) is 59.1 Å². The summed E-state index contributed by atoms with van der Waals surface area (Å²) >= 11 is 0. The summed E-state index contributed by atoms with van der Waals surface area (Å²) in [5.74, 6) is 0. The van der Waals surface area contributed by atoms with E-state index in [0.29, 0.717) is 0 Å². The molecule has 6 nitrogen and oxygen atoms in total. The molecule has 0 spiro atoms. The topological polar surface area (TPSA) is 88.0 Å². The summed E-state index contributed by atoms with van der Waals surface area (Å²) in [6.45, 7) is 6.99. The van der Waals surface area contributed by atoms with Gasteiger partial charge in [-0.25, -0.2) is 0 Å². The molecule has 0 atom stereocenters. The molecule has 0 radical (unpaired) electrons. The second-order valence-electron chi connectivity index (χ2n) is 4.57. The second kappa shape index (κ2) is 15.8. The maximum Gasteiger partial charge on any atom is 0.0443 e. The lowest BCUT2D eigenvalue weighted by molar-refractivity contribution is 0.202. The van der Waals surface area contributed by atoms with Crippen LogP contribution in [-0.4, -0.2) is 85.9 Å². The maximum absolute atomic E-state index is 8.84. The van der Waals surface area contributed by atoms with Crippen LogP contribution in [-0.2, 0) is 0 Å². The molecule has 19 heavy (non-hydrogen) atoms. The smallest absolute Gasteiger partial charge is 0.0443 e. The SMILES string of the molecule is OCCCNCCNCCN(CCCO)CCCO. The van der Waals surface area contributed by atoms with E-state index in [2.05, 4.69) is 15.5 Å². The minimum Gasteiger partial charge on any atom is -0.396 e. The zero-order chi connectivity index (χ0) is 14.2. The van der Waals surface area contributed by atoms with Crippen molar-refractivity contribution in [1.82, 2.24) is 15.5 Å². The molecule has 5 N–H and O–H groups in total.